The van der Waals surface area contributed by atoms with Crippen LogP contribution in [0.25, 0.3) is 0 Å². The summed E-state index contributed by atoms with van der Waals surface area (Å²) < 4.78 is 0. The summed E-state index contributed by atoms with van der Waals surface area (Å²) in [7, 11) is 1.42. The zero-order valence-corrected chi connectivity index (χ0v) is 9.73. The Morgan fingerprint density at radius 2 is 1.88 bits per heavy atom. The molecule has 1 aliphatic heterocycles. The Kier molecular flexibility index (Phi) is 2.91. The van der Waals surface area contributed by atoms with Crippen molar-refractivity contribution in [3.05, 3.63) is 29.8 Å². The fraction of sp³-hybridized carbons (Fsp3) is 0.250. The summed E-state index contributed by atoms with van der Waals surface area (Å²) in [6.07, 6.45) is 0.954. The molecule has 0 atom stereocenters. The molecule has 1 fully saturated rings. The van der Waals surface area contributed by atoms with Gasteiger partial charge in [0.05, 0.1) is 5.69 Å². The first-order valence-electron chi connectivity index (χ1n) is 5.38. The van der Waals surface area contributed by atoms with E-state index in [-0.39, 0.29) is 5.84 Å². The molecule has 1 aromatic rings. The molecule has 2 rings (SSSR count). The molecular formula is C12H13N3O2. The largest absolute Gasteiger partial charge is 0.329 e. The first-order chi connectivity index (χ1) is 8.11. The van der Waals surface area contributed by atoms with Crippen molar-refractivity contribution in [1.29, 1.82) is 0 Å². The van der Waals surface area contributed by atoms with Crippen LogP contribution in [0.1, 0.15) is 12.5 Å². The Bertz CT molecular complexity index is 491. The summed E-state index contributed by atoms with van der Waals surface area (Å²) in [6.45, 7) is 2.07. The zero-order chi connectivity index (χ0) is 12.4. The monoisotopic (exact) mass is 231 g/mol. The molecule has 88 valence electrons. The molecule has 1 saturated heterocycles. The minimum absolute atomic E-state index is 0.0711. The third-order valence-electron chi connectivity index (χ3n) is 2.62. The second-order valence-corrected chi connectivity index (χ2v) is 3.77. The highest BCUT2D eigenvalue weighted by Crippen LogP contribution is 2.14. The Morgan fingerprint density at radius 1 is 1.24 bits per heavy atom. The van der Waals surface area contributed by atoms with Gasteiger partial charge >= 0.3 is 6.03 Å². The lowest BCUT2D eigenvalue weighted by atomic mass is 10.1. The van der Waals surface area contributed by atoms with Crippen molar-refractivity contribution in [2.45, 2.75) is 13.3 Å². The summed E-state index contributed by atoms with van der Waals surface area (Å²) in [5.41, 5.74) is 1.86. The van der Waals surface area contributed by atoms with Crippen LogP contribution in [-0.4, -0.2) is 29.7 Å². The Labute approximate surface area is 99.1 Å². The number of amidine groups is 1. The van der Waals surface area contributed by atoms with Gasteiger partial charge in [0.25, 0.3) is 5.91 Å². The molecule has 1 aromatic carbocycles. The number of carbonyl (C=O) groups excluding carboxylic acids is 2. The van der Waals surface area contributed by atoms with Crippen LogP contribution >= 0.6 is 0 Å². The number of urea groups is 1. The van der Waals surface area contributed by atoms with Gasteiger partial charge in [-0.25, -0.2) is 9.79 Å². The van der Waals surface area contributed by atoms with Gasteiger partial charge in [0.2, 0.25) is 5.84 Å². The van der Waals surface area contributed by atoms with Gasteiger partial charge in [-0.1, -0.05) is 19.1 Å². The number of benzene rings is 1. The number of carbonyl (C=O) groups is 2. The van der Waals surface area contributed by atoms with Crippen molar-refractivity contribution in [2.24, 2.45) is 4.99 Å². The van der Waals surface area contributed by atoms with Gasteiger partial charge in [-0.05, 0) is 24.1 Å². The minimum Gasteiger partial charge on any atom is -0.287 e. The SMILES string of the molecule is CCc1ccc(N=C2NC(=O)N(C)C2=O)cc1. The topological polar surface area (TPSA) is 61.8 Å². The van der Waals surface area contributed by atoms with Gasteiger partial charge in [0.15, 0.2) is 0 Å². The molecule has 1 aliphatic rings. The van der Waals surface area contributed by atoms with Crippen LogP contribution < -0.4 is 5.32 Å². The van der Waals surface area contributed by atoms with E-state index in [0.717, 1.165) is 11.3 Å². The van der Waals surface area contributed by atoms with Crippen LogP contribution in [0.4, 0.5) is 10.5 Å². The Morgan fingerprint density at radius 3 is 2.35 bits per heavy atom. The predicted octanol–water partition coefficient (Wildman–Crippen LogP) is 1.46. The minimum atomic E-state index is -0.445. The molecule has 0 saturated carbocycles. The van der Waals surface area contributed by atoms with Crippen molar-refractivity contribution in [1.82, 2.24) is 10.2 Å². The quantitative estimate of drug-likeness (QED) is 0.783. The van der Waals surface area contributed by atoms with E-state index in [1.807, 2.05) is 24.3 Å². The number of nitrogens with one attached hydrogen (secondary N) is 1. The lowest BCUT2D eigenvalue weighted by Crippen LogP contribution is -2.25. The second kappa shape index (κ2) is 4.37. The molecule has 5 nitrogen and oxygen atoms in total. The van der Waals surface area contributed by atoms with E-state index in [0.29, 0.717) is 5.69 Å². The van der Waals surface area contributed by atoms with Crippen molar-refractivity contribution < 1.29 is 9.59 Å². The van der Waals surface area contributed by atoms with E-state index in [2.05, 4.69) is 17.2 Å². The molecule has 1 N–H and O–H groups in total. The maximum absolute atomic E-state index is 11.6. The van der Waals surface area contributed by atoms with Crippen molar-refractivity contribution >= 4 is 23.5 Å². The van der Waals surface area contributed by atoms with Crippen molar-refractivity contribution in [3.63, 3.8) is 0 Å². The summed E-state index contributed by atoms with van der Waals surface area (Å²) in [5.74, 6) is -0.337. The van der Waals surface area contributed by atoms with Crippen molar-refractivity contribution in [3.8, 4) is 0 Å². The van der Waals surface area contributed by atoms with E-state index in [1.54, 1.807) is 0 Å². The van der Waals surface area contributed by atoms with Gasteiger partial charge in [-0.15, -0.1) is 0 Å². The van der Waals surface area contributed by atoms with Gasteiger partial charge < -0.3 is 0 Å². The number of amides is 3. The molecular weight excluding hydrogens is 218 g/mol. The van der Waals surface area contributed by atoms with E-state index < -0.39 is 11.9 Å². The number of nitrogens with zero attached hydrogens (tertiary/aromatic N) is 2. The number of imide groups is 1. The number of hydrogen-bond acceptors (Lipinski definition) is 3. The molecule has 17 heavy (non-hydrogen) atoms. The van der Waals surface area contributed by atoms with Crippen LogP contribution in [0.5, 0.6) is 0 Å². The molecule has 0 bridgehead atoms. The third kappa shape index (κ3) is 2.18. The summed E-state index contributed by atoms with van der Waals surface area (Å²) in [4.78, 5) is 27.9. The highest BCUT2D eigenvalue weighted by molar-refractivity contribution is 6.47. The van der Waals surface area contributed by atoms with E-state index in [9.17, 15) is 9.59 Å². The number of likely N-dealkylation sites (N-methyl/N-ethyl adjacent to an activating group) is 1. The molecule has 0 spiro atoms. The maximum Gasteiger partial charge on any atom is 0.329 e. The third-order valence-corrected chi connectivity index (χ3v) is 2.62. The van der Waals surface area contributed by atoms with E-state index in [4.69, 9.17) is 0 Å². The second-order valence-electron chi connectivity index (χ2n) is 3.77. The maximum atomic E-state index is 11.6. The Balaban J connectivity index is 2.24. The standard InChI is InChI=1S/C12H13N3O2/c1-3-8-4-6-9(7-5-8)13-10-11(16)15(2)12(17)14-10/h4-7H,3H2,1-2H3,(H,13,14,17). The van der Waals surface area contributed by atoms with Gasteiger partial charge in [0, 0.05) is 7.05 Å². The smallest absolute Gasteiger partial charge is 0.287 e. The lowest BCUT2D eigenvalue weighted by Gasteiger charge is -1.99. The number of aliphatic imine (C=N–C) groups is 1. The van der Waals surface area contributed by atoms with Crippen LogP contribution in [0.15, 0.2) is 29.3 Å². The predicted molar refractivity (Wildman–Crippen MR) is 64.2 cm³/mol. The molecule has 5 heteroatoms. The first kappa shape index (κ1) is 11.3. The normalized spacial score (nSPS) is 17.8. The first-order valence-corrected chi connectivity index (χ1v) is 5.38. The fourth-order valence-corrected chi connectivity index (χ4v) is 1.50. The van der Waals surface area contributed by atoms with Crippen LogP contribution in [0.3, 0.4) is 0 Å². The van der Waals surface area contributed by atoms with E-state index in [1.165, 1.54) is 12.6 Å². The van der Waals surface area contributed by atoms with Crippen LogP contribution in [0.2, 0.25) is 0 Å². The number of rotatable bonds is 2. The zero-order valence-electron chi connectivity index (χ0n) is 9.73. The average Bonchev–Trinajstić information content (AvgIpc) is 2.58. The van der Waals surface area contributed by atoms with E-state index >= 15 is 0 Å². The number of hydrogen-bond donors (Lipinski definition) is 1. The molecule has 0 unspecified atom stereocenters. The summed E-state index contributed by atoms with van der Waals surface area (Å²) in [5, 5.41) is 2.42. The lowest BCUT2D eigenvalue weighted by molar-refractivity contribution is -0.119. The highest BCUT2D eigenvalue weighted by atomic mass is 16.2. The Hall–Kier alpha value is -2.17. The van der Waals surface area contributed by atoms with Gasteiger partial charge in [0.1, 0.15) is 0 Å². The number of aryl methyl sites for hydroxylation is 1. The van der Waals surface area contributed by atoms with Crippen LogP contribution in [0, 0.1) is 0 Å². The summed E-state index contributed by atoms with van der Waals surface area (Å²) >= 11 is 0. The van der Waals surface area contributed by atoms with Crippen molar-refractivity contribution in [2.75, 3.05) is 7.05 Å². The fourth-order valence-electron chi connectivity index (χ4n) is 1.50. The average molecular weight is 231 g/mol. The molecule has 3 amide bonds. The molecule has 0 radical (unpaired) electrons. The molecule has 1 heterocycles. The van der Waals surface area contributed by atoms with Gasteiger partial charge in [-0.2, -0.15) is 0 Å². The highest BCUT2D eigenvalue weighted by Gasteiger charge is 2.31. The van der Waals surface area contributed by atoms with Crippen LogP contribution in [-0.2, 0) is 11.2 Å². The molecule has 0 aliphatic carbocycles. The molecule has 0 aromatic heterocycles. The summed E-state index contributed by atoms with van der Waals surface area (Å²) in [6, 6.07) is 7.10. The van der Waals surface area contributed by atoms with Gasteiger partial charge in [-0.3, -0.25) is 15.0 Å².